The summed E-state index contributed by atoms with van der Waals surface area (Å²) in [6.07, 6.45) is -1.43. The van der Waals surface area contributed by atoms with Gasteiger partial charge < -0.3 is 10.1 Å². The number of pyridine rings is 1. The zero-order valence-corrected chi connectivity index (χ0v) is 11.7. The highest BCUT2D eigenvalue weighted by Crippen LogP contribution is 2.33. The summed E-state index contributed by atoms with van der Waals surface area (Å²) in [5.41, 5.74) is -2.84. The van der Waals surface area contributed by atoms with Gasteiger partial charge in [-0.05, 0) is 24.3 Å². The lowest BCUT2D eigenvalue weighted by molar-refractivity contribution is -0.198. The predicted octanol–water partition coefficient (Wildman–Crippen LogP) is 3.84. The second-order valence-corrected chi connectivity index (χ2v) is 4.54. The zero-order chi connectivity index (χ0) is 16.2. The van der Waals surface area contributed by atoms with E-state index in [4.69, 9.17) is 11.6 Å². The number of anilines is 1. The van der Waals surface area contributed by atoms with Crippen molar-refractivity contribution >= 4 is 23.2 Å². The van der Waals surface area contributed by atoms with Crippen molar-refractivity contribution in [3.8, 4) is 5.75 Å². The number of rotatable bonds is 5. The average molecular weight is 331 g/mol. The van der Waals surface area contributed by atoms with E-state index >= 15 is 0 Å². The molecular weight excluding hydrogens is 321 g/mol. The molecular formula is C14H10ClF3N2O2. The minimum Gasteiger partial charge on any atom is -0.427 e. The fraction of sp³-hybridized carbons (Fsp3) is 0.143. The van der Waals surface area contributed by atoms with E-state index in [2.05, 4.69) is 15.0 Å². The number of ether oxygens (including phenoxy) is 1. The Bertz CT molecular complexity index is 654. The maximum atomic E-state index is 13.2. The van der Waals surface area contributed by atoms with Crippen LogP contribution in [0, 0.1) is 0 Å². The SMILES string of the molecule is O=C(Nc1ccccc1OC(F)(F)C(F)Cl)c1cccnc1. The quantitative estimate of drug-likeness (QED) is 0.847. The summed E-state index contributed by atoms with van der Waals surface area (Å²) in [4.78, 5) is 15.7. The second-order valence-electron chi connectivity index (χ2n) is 4.16. The first kappa shape index (κ1) is 16.1. The summed E-state index contributed by atoms with van der Waals surface area (Å²) < 4.78 is 43.3. The van der Waals surface area contributed by atoms with E-state index in [0.29, 0.717) is 0 Å². The molecule has 22 heavy (non-hydrogen) atoms. The van der Waals surface area contributed by atoms with Gasteiger partial charge in [-0.1, -0.05) is 23.7 Å². The van der Waals surface area contributed by atoms with Gasteiger partial charge in [0.2, 0.25) is 0 Å². The molecule has 0 aliphatic rings. The summed E-state index contributed by atoms with van der Waals surface area (Å²) in [6, 6.07) is 8.43. The van der Waals surface area contributed by atoms with E-state index < -0.39 is 23.4 Å². The summed E-state index contributed by atoms with van der Waals surface area (Å²) in [5.74, 6) is -0.983. The van der Waals surface area contributed by atoms with Gasteiger partial charge in [0.25, 0.3) is 11.5 Å². The first-order valence-corrected chi connectivity index (χ1v) is 6.49. The molecule has 0 bridgehead atoms. The molecule has 2 rings (SSSR count). The van der Waals surface area contributed by atoms with Gasteiger partial charge in [0.05, 0.1) is 11.3 Å². The molecule has 4 nitrogen and oxygen atoms in total. The number of hydrogen-bond acceptors (Lipinski definition) is 3. The van der Waals surface area contributed by atoms with Crippen molar-refractivity contribution in [2.45, 2.75) is 11.7 Å². The maximum absolute atomic E-state index is 13.2. The Morgan fingerprint density at radius 1 is 1.27 bits per heavy atom. The number of nitrogens with zero attached hydrogens (tertiary/aromatic N) is 1. The lowest BCUT2D eigenvalue weighted by Crippen LogP contribution is -2.33. The molecule has 0 saturated carbocycles. The van der Waals surface area contributed by atoms with Gasteiger partial charge in [-0.2, -0.15) is 8.78 Å². The van der Waals surface area contributed by atoms with E-state index in [0.717, 1.165) is 6.07 Å². The lowest BCUT2D eigenvalue weighted by atomic mass is 10.2. The first-order chi connectivity index (χ1) is 10.4. The van der Waals surface area contributed by atoms with Crippen LogP contribution in [0.25, 0.3) is 0 Å². The molecule has 0 fully saturated rings. The van der Waals surface area contributed by atoms with E-state index in [1.165, 1.54) is 36.7 Å². The van der Waals surface area contributed by atoms with Crippen molar-refractivity contribution in [3.05, 3.63) is 54.4 Å². The number of hydrogen-bond donors (Lipinski definition) is 1. The predicted molar refractivity (Wildman–Crippen MR) is 75.0 cm³/mol. The van der Waals surface area contributed by atoms with Crippen LogP contribution < -0.4 is 10.1 Å². The molecule has 2 aromatic rings. The van der Waals surface area contributed by atoms with Crippen LogP contribution in [-0.4, -0.2) is 22.6 Å². The Balaban J connectivity index is 2.20. The number of halogens is 4. The fourth-order valence-corrected chi connectivity index (χ4v) is 1.59. The van der Waals surface area contributed by atoms with Crippen molar-refractivity contribution in [2.75, 3.05) is 5.32 Å². The lowest BCUT2D eigenvalue weighted by Gasteiger charge is -2.19. The third-order valence-corrected chi connectivity index (χ3v) is 2.81. The van der Waals surface area contributed by atoms with Crippen molar-refractivity contribution < 1.29 is 22.7 Å². The molecule has 1 aromatic carbocycles. The van der Waals surface area contributed by atoms with Crippen LogP contribution in [0.4, 0.5) is 18.9 Å². The standard InChI is InChI=1S/C14H10ClF3N2O2/c15-13(16)14(17,18)22-11-6-2-1-5-10(11)20-12(21)9-4-3-7-19-8-9/h1-8,13H,(H,20,21). The average Bonchev–Trinajstić information content (AvgIpc) is 2.49. The molecule has 1 N–H and O–H groups in total. The van der Waals surface area contributed by atoms with E-state index in [1.807, 2.05) is 0 Å². The van der Waals surface area contributed by atoms with Crippen LogP contribution in [0.15, 0.2) is 48.8 Å². The number of carbonyl (C=O) groups is 1. The number of benzene rings is 1. The maximum Gasteiger partial charge on any atom is 0.444 e. The number of amides is 1. The number of carbonyl (C=O) groups excluding carboxylic acids is 1. The number of aromatic nitrogens is 1. The summed E-state index contributed by atoms with van der Waals surface area (Å²) in [6.45, 7) is 0. The molecule has 116 valence electrons. The Hall–Kier alpha value is -2.28. The third-order valence-electron chi connectivity index (χ3n) is 2.56. The first-order valence-electron chi connectivity index (χ1n) is 6.05. The molecule has 0 spiro atoms. The molecule has 1 atom stereocenters. The van der Waals surface area contributed by atoms with Gasteiger partial charge in [0, 0.05) is 12.4 Å². The third kappa shape index (κ3) is 3.88. The molecule has 0 aliphatic heterocycles. The number of para-hydroxylation sites is 2. The molecule has 1 aromatic heterocycles. The van der Waals surface area contributed by atoms with Crippen molar-refractivity contribution in [1.82, 2.24) is 4.98 Å². The minimum absolute atomic E-state index is 0.0478. The largest absolute Gasteiger partial charge is 0.444 e. The monoisotopic (exact) mass is 330 g/mol. The van der Waals surface area contributed by atoms with Crippen molar-refractivity contribution in [1.29, 1.82) is 0 Å². The number of nitrogens with one attached hydrogen (secondary N) is 1. The highest BCUT2D eigenvalue weighted by molar-refractivity contribution is 6.20. The Labute approximate surface area is 128 Å². The van der Waals surface area contributed by atoms with Crippen LogP contribution in [0.2, 0.25) is 0 Å². The normalized spacial score (nSPS) is 12.5. The Morgan fingerprint density at radius 2 is 2.00 bits per heavy atom. The van der Waals surface area contributed by atoms with E-state index in [-0.39, 0.29) is 11.3 Å². The molecule has 1 heterocycles. The van der Waals surface area contributed by atoms with Crippen LogP contribution in [0.3, 0.4) is 0 Å². The molecule has 1 amide bonds. The van der Waals surface area contributed by atoms with Crippen molar-refractivity contribution in [3.63, 3.8) is 0 Å². The smallest absolute Gasteiger partial charge is 0.427 e. The number of alkyl halides is 4. The second kappa shape index (κ2) is 6.65. The molecule has 1 unspecified atom stereocenters. The highest BCUT2D eigenvalue weighted by Gasteiger charge is 2.42. The topological polar surface area (TPSA) is 51.2 Å². The zero-order valence-electron chi connectivity index (χ0n) is 11.0. The van der Waals surface area contributed by atoms with Crippen molar-refractivity contribution in [2.24, 2.45) is 0 Å². The summed E-state index contributed by atoms with van der Waals surface area (Å²) >= 11 is 4.74. The van der Waals surface area contributed by atoms with Crippen LogP contribution in [0.1, 0.15) is 10.4 Å². The highest BCUT2D eigenvalue weighted by atomic mass is 35.5. The Kier molecular flexibility index (Phi) is 4.87. The van der Waals surface area contributed by atoms with Gasteiger partial charge in [-0.25, -0.2) is 4.39 Å². The minimum atomic E-state index is -4.23. The fourth-order valence-electron chi connectivity index (χ4n) is 1.54. The van der Waals surface area contributed by atoms with Gasteiger partial charge in [0.15, 0.2) is 0 Å². The van der Waals surface area contributed by atoms with Gasteiger partial charge >= 0.3 is 6.11 Å². The Morgan fingerprint density at radius 3 is 2.64 bits per heavy atom. The van der Waals surface area contributed by atoms with Gasteiger partial charge in [-0.15, -0.1) is 0 Å². The van der Waals surface area contributed by atoms with Crippen LogP contribution in [0.5, 0.6) is 5.75 Å². The molecule has 8 heteroatoms. The molecule has 0 saturated heterocycles. The summed E-state index contributed by atoms with van der Waals surface area (Å²) in [5, 5.41) is 2.39. The molecule has 0 radical (unpaired) electrons. The van der Waals surface area contributed by atoms with E-state index in [9.17, 15) is 18.0 Å². The van der Waals surface area contributed by atoms with Crippen LogP contribution >= 0.6 is 11.6 Å². The van der Waals surface area contributed by atoms with E-state index in [1.54, 1.807) is 6.07 Å². The molecule has 0 aliphatic carbocycles. The summed E-state index contributed by atoms with van der Waals surface area (Å²) in [7, 11) is 0. The van der Waals surface area contributed by atoms with Gasteiger partial charge in [-0.3, -0.25) is 9.78 Å². The van der Waals surface area contributed by atoms with Gasteiger partial charge in [0.1, 0.15) is 5.75 Å². The van der Waals surface area contributed by atoms with Crippen LogP contribution in [-0.2, 0) is 0 Å².